The summed E-state index contributed by atoms with van der Waals surface area (Å²) in [5, 5.41) is 6.47. The molecule has 0 aromatic heterocycles. The lowest BCUT2D eigenvalue weighted by Gasteiger charge is -2.12. The zero-order valence-electron chi connectivity index (χ0n) is 13.5. The van der Waals surface area contributed by atoms with Gasteiger partial charge in [-0.3, -0.25) is 4.99 Å². The average molecular weight is 478 g/mol. The van der Waals surface area contributed by atoms with Crippen LogP contribution in [0.25, 0.3) is 0 Å². The molecule has 2 N–H and O–H groups in total. The van der Waals surface area contributed by atoms with Crippen LogP contribution in [-0.4, -0.2) is 19.8 Å². The highest BCUT2D eigenvalue weighted by Crippen LogP contribution is 2.32. The van der Waals surface area contributed by atoms with Crippen LogP contribution >= 0.6 is 35.6 Å². The van der Waals surface area contributed by atoms with Crippen molar-refractivity contribution >= 4 is 41.5 Å². The van der Waals surface area contributed by atoms with E-state index in [-0.39, 0.29) is 35.8 Å². The summed E-state index contributed by atoms with van der Waals surface area (Å²) < 4.78 is 23.8. The standard InChI is InChI=1S/C17H17ClFN3O2.HI/c1-20-17(21-8-11-2-4-14(19)13(18)6-11)22-9-12-3-5-15-16(7-12)24-10-23-15;/h2-7H,8-10H2,1H3,(H2,20,21,22);1H. The first kappa shape index (κ1) is 19.6. The molecule has 0 saturated carbocycles. The van der Waals surface area contributed by atoms with E-state index in [0.717, 1.165) is 22.6 Å². The molecule has 3 rings (SSSR count). The maximum Gasteiger partial charge on any atom is 0.231 e. The lowest BCUT2D eigenvalue weighted by atomic mass is 10.2. The molecular formula is C17H18ClFIN3O2. The van der Waals surface area contributed by atoms with E-state index in [4.69, 9.17) is 21.1 Å². The zero-order valence-corrected chi connectivity index (χ0v) is 16.6. The lowest BCUT2D eigenvalue weighted by molar-refractivity contribution is 0.174. The molecule has 1 aliphatic heterocycles. The summed E-state index contributed by atoms with van der Waals surface area (Å²) in [4.78, 5) is 4.16. The summed E-state index contributed by atoms with van der Waals surface area (Å²) >= 11 is 5.78. The molecule has 0 saturated heterocycles. The fourth-order valence-electron chi connectivity index (χ4n) is 2.29. The summed E-state index contributed by atoms with van der Waals surface area (Å²) in [6.07, 6.45) is 0. The number of benzene rings is 2. The van der Waals surface area contributed by atoms with Crippen LogP contribution in [0.1, 0.15) is 11.1 Å². The number of guanidine groups is 1. The summed E-state index contributed by atoms with van der Waals surface area (Å²) in [6.45, 7) is 1.33. The van der Waals surface area contributed by atoms with Crippen LogP contribution in [0.3, 0.4) is 0 Å². The molecule has 2 aromatic carbocycles. The largest absolute Gasteiger partial charge is 0.454 e. The predicted molar refractivity (Wildman–Crippen MR) is 106 cm³/mol. The lowest BCUT2D eigenvalue weighted by Crippen LogP contribution is -2.36. The van der Waals surface area contributed by atoms with Gasteiger partial charge in [0, 0.05) is 20.1 Å². The fourth-order valence-corrected chi connectivity index (χ4v) is 2.50. The smallest absolute Gasteiger partial charge is 0.231 e. The van der Waals surface area contributed by atoms with E-state index in [9.17, 15) is 4.39 Å². The first-order valence-electron chi connectivity index (χ1n) is 7.42. The molecule has 0 bridgehead atoms. The molecule has 0 fully saturated rings. The Bertz CT molecular complexity index is 774. The van der Waals surface area contributed by atoms with E-state index in [2.05, 4.69) is 15.6 Å². The number of hydrogen-bond donors (Lipinski definition) is 2. The third-order valence-corrected chi connectivity index (χ3v) is 3.85. The van der Waals surface area contributed by atoms with E-state index in [1.54, 1.807) is 19.2 Å². The molecule has 1 aliphatic rings. The fraction of sp³-hybridized carbons (Fsp3) is 0.235. The van der Waals surface area contributed by atoms with E-state index < -0.39 is 5.82 Å². The van der Waals surface area contributed by atoms with E-state index in [0.29, 0.717) is 19.0 Å². The van der Waals surface area contributed by atoms with E-state index in [1.807, 2.05) is 18.2 Å². The van der Waals surface area contributed by atoms with Crippen molar-refractivity contribution in [2.24, 2.45) is 4.99 Å². The van der Waals surface area contributed by atoms with Crippen molar-refractivity contribution in [3.05, 3.63) is 58.4 Å². The Morgan fingerprint density at radius 2 is 1.72 bits per heavy atom. The molecule has 0 aliphatic carbocycles. The van der Waals surface area contributed by atoms with Gasteiger partial charge in [0.2, 0.25) is 6.79 Å². The van der Waals surface area contributed by atoms with Gasteiger partial charge in [-0.05, 0) is 35.4 Å². The Hall–Kier alpha value is -1.74. The Kier molecular flexibility index (Phi) is 7.12. The topological polar surface area (TPSA) is 54.9 Å². The molecule has 25 heavy (non-hydrogen) atoms. The van der Waals surface area contributed by atoms with Crippen LogP contribution < -0.4 is 20.1 Å². The van der Waals surface area contributed by atoms with Crippen LogP contribution in [0.5, 0.6) is 11.5 Å². The Balaban J connectivity index is 0.00000225. The predicted octanol–water partition coefficient (Wildman–Crippen LogP) is 3.69. The van der Waals surface area contributed by atoms with Gasteiger partial charge in [-0.25, -0.2) is 4.39 Å². The first-order valence-corrected chi connectivity index (χ1v) is 7.80. The summed E-state index contributed by atoms with van der Waals surface area (Å²) in [5.74, 6) is 1.71. The van der Waals surface area contributed by atoms with Crippen LogP contribution in [0.4, 0.5) is 4.39 Å². The summed E-state index contributed by atoms with van der Waals surface area (Å²) in [7, 11) is 1.69. The molecule has 134 valence electrons. The van der Waals surface area contributed by atoms with Gasteiger partial charge in [0.15, 0.2) is 17.5 Å². The van der Waals surface area contributed by atoms with Crippen LogP contribution in [0.15, 0.2) is 41.4 Å². The SMILES string of the molecule is CN=C(NCc1ccc(F)c(Cl)c1)NCc1ccc2c(c1)OCO2.I. The van der Waals surface area contributed by atoms with Crippen molar-refractivity contribution in [2.75, 3.05) is 13.8 Å². The number of halogens is 3. The van der Waals surface area contributed by atoms with Gasteiger partial charge in [-0.2, -0.15) is 0 Å². The second kappa shape index (κ2) is 9.10. The second-order valence-corrected chi connectivity index (χ2v) is 5.62. The number of nitrogens with zero attached hydrogens (tertiary/aromatic N) is 1. The van der Waals surface area contributed by atoms with Gasteiger partial charge in [0.1, 0.15) is 5.82 Å². The molecule has 0 radical (unpaired) electrons. The quantitative estimate of drug-likeness (QED) is 0.401. The van der Waals surface area contributed by atoms with Crippen molar-refractivity contribution in [1.82, 2.24) is 10.6 Å². The van der Waals surface area contributed by atoms with Gasteiger partial charge in [-0.15, -0.1) is 24.0 Å². The van der Waals surface area contributed by atoms with Crippen LogP contribution in [0, 0.1) is 5.82 Å². The molecule has 8 heteroatoms. The Morgan fingerprint density at radius 3 is 2.40 bits per heavy atom. The van der Waals surface area contributed by atoms with E-state index in [1.165, 1.54) is 6.07 Å². The molecule has 0 unspecified atom stereocenters. The minimum absolute atomic E-state index is 0. The number of fused-ring (bicyclic) bond motifs is 1. The normalized spacial score (nSPS) is 12.5. The molecular weight excluding hydrogens is 460 g/mol. The highest BCUT2D eigenvalue weighted by Gasteiger charge is 2.13. The second-order valence-electron chi connectivity index (χ2n) is 5.22. The van der Waals surface area contributed by atoms with Gasteiger partial charge in [-0.1, -0.05) is 23.7 Å². The van der Waals surface area contributed by atoms with Crippen LogP contribution in [0.2, 0.25) is 5.02 Å². The average Bonchev–Trinajstić information content (AvgIpc) is 3.06. The first-order chi connectivity index (χ1) is 11.7. The molecule has 0 spiro atoms. The van der Waals surface area contributed by atoms with Gasteiger partial charge < -0.3 is 20.1 Å². The molecule has 0 amide bonds. The number of ether oxygens (including phenoxy) is 2. The molecule has 0 atom stereocenters. The van der Waals surface area contributed by atoms with Crippen molar-refractivity contribution in [1.29, 1.82) is 0 Å². The van der Waals surface area contributed by atoms with E-state index >= 15 is 0 Å². The van der Waals surface area contributed by atoms with Crippen molar-refractivity contribution in [3.63, 3.8) is 0 Å². The maximum atomic E-state index is 13.2. The minimum Gasteiger partial charge on any atom is -0.454 e. The summed E-state index contributed by atoms with van der Waals surface area (Å²) in [6, 6.07) is 10.4. The third kappa shape index (κ3) is 5.12. The number of rotatable bonds is 4. The van der Waals surface area contributed by atoms with Crippen molar-refractivity contribution in [2.45, 2.75) is 13.1 Å². The van der Waals surface area contributed by atoms with Gasteiger partial charge in [0.05, 0.1) is 5.02 Å². The number of nitrogens with one attached hydrogen (secondary N) is 2. The highest BCUT2D eigenvalue weighted by molar-refractivity contribution is 14.0. The van der Waals surface area contributed by atoms with Crippen molar-refractivity contribution < 1.29 is 13.9 Å². The van der Waals surface area contributed by atoms with Crippen molar-refractivity contribution in [3.8, 4) is 11.5 Å². The molecule has 1 heterocycles. The number of hydrogen-bond acceptors (Lipinski definition) is 3. The minimum atomic E-state index is -0.425. The molecule has 2 aromatic rings. The van der Waals surface area contributed by atoms with Gasteiger partial charge >= 0.3 is 0 Å². The number of aliphatic imine (C=N–C) groups is 1. The summed E-state index contributed by atoms with van der Waals surface area (Å²) in [5.41, 5.74) is 1.92. The Labute approximate surface area is 167 Å². The monoisotopic (exact) mass is 477 g/mol. The van der Waals surface area contributed by atoms with Gasteiger partial charge in [0.25, 0.3) is 0 Å². The zero-order chi connectivity index (χ0) is 16.9. The highest BCUT2D eigenvalue weighted by atomic mass is 127. The third-order valence-electron chi connectivity index (χ3n) is 3.56. The van der Waals surface area contributed by atoms with Crippen LogP contribution in [-0.2, 0) is 13.1 Å². The Morgan fingerprint density at radius 1 is 1.08 bits per heavy atom. The maximum absolute atomic E-state index is 13.2. The molecule has 5 nitrogen and oxygen atoms in total.